The summed E-state index contributed by atoms with van der Waals surface area (Å²) in [5.74, 6) is 0.887. The summed E-state index contributed by atoms with van der Waals surface area (Å²) in [6.45, 7) is 0.969. The van der Waals surface area contributed by atoms with Crippen molar-refractivity contribution in [2.24, 2.45) is 0 Å². The van der Waals surface area contributed by atoms with Crippen LogP contribution in [0.3, 0.4) is 0 Å². The van der Waals surface area contributed by atoms with Crippen LogP contribution >= 0.6 is 0 Å². The lowest BCUT2D eigenvalue weighted by Crippen LogP contribution is -2.14. The van der Waals surface area contributed by atoms with E-state index >= 15 is 0 Å². The standard InChI is InChI=1S/C13H15NO2/c1-16-12-6-2-4-9-8-10-11(15)5-3-7-14(10)13(9)12/h2,4,6,8,11,15H,3,5,7H2,1H3. The van der Waals surface area contributed by atoms with Gasteiger partial charge in [-0.15, -0.1) is 0 Å². The van der Waals surface area contributed by atoms with Gasteiger partial charge in [0.2, 0.25) is 0 Å². The lowest BCUT2D eigenvalue weighted by atomic mass is 10.1. The molecule has 1 aromatic heterocycles. The monoisotopic (exact) mass is 217 g/mol. The van der Waals surface area contributed by atoms with Gasteiger partial charge in [0.25, 0.3) is 0 Å². The maximum absolute atomic E-state index is 9.96. The quantitative estimate of drug-likeness (QED) is 0.796. The number of hydrogen-bond acceptors (Lipinski definition) is 2. The third-order valence-corrected chi connectivity index (χ3v) is 3.34. The van der Waals surface area contributed by atoms with Gasteiger partial charge in [0.05, 0.1) is 18.7 Å². The number of aliphatic hydroxyl groups is 1. The number of aryl methyl sites for hydroxylation is 1. The van der Waals surface area contributed by atoms with E-state index in [2.05, 4.69) is 16.7 Å². The Morgan fingerprint density at radius 1 is 1.44 bits per heavy atom. The first-order valence-corrected chi connectivity index (χ1v) is 5.65. The minimum Gasteiger partial charge on any atom is -0.495 e. The fourth-order valence-electron chi connectivity index (χ4n) is 2.58. The number of para-hydroxylation sites is 1. The molecule has 0 spiro atoms. The molecule has 2 heterocycles. The topological polar surface area (TPSA) is 34.4 Å². The van der Waals surface area contributed by atoms with Crippen LogP contribution in [0, 0.1) is 0 Å². The smallest absolute Gasteiger partial charge is 0.143 e. The molecule has 84 valence electrons. The van der Waals surface area contributed by atoms with Gasteiger partial charge in [-0.05, 0) is 25.0 Å². The average molecular weight is 217 g/mol. The second kappa shape index (κ2) is 3.52. The number of methoxy groups -OCH3 is 1. The molecule has 1 aliphatic rings. The van der Waals surface area contributed by atoms with E-state index in [1.807, 2.05) is 12.1 Å². The van der Waals surface area contributed by atoms with Gasteiger partial charge in [-0.3, -0.25) is 0 Å². The van der Waals surface area contributed by atoms with Crippen LogP contribution in [0.4, 0.5) is 0 Å². The highest BCUT2D eigenvalue weighted by Gasteiger charge is 2.21. The van der Waals surface area contributed by atoms with Crippen molar-refractivity contribution in [3.05, 3.63) is 30.0 Å². The molecule has 3 nitrogen and oxygen atoms in total. The number of aromatic nitrogens is 1. The molecule has 16 heavy (non-hydrogen) atoms. The van der Waals surface area contributed by atoms with Gasteiger partial charge in [-0.25, -0.2) is 0 Å². The SMILES string of the molecule is COc1cccc2cc3n(c12)CCCC3O. The highest BCUT2D eigenvalue weighted by molar-refractivity contribution is 5.87. The molecule has 0 fully saturated rings. The van der Waals surface area contributed by atoms with Gasteiger partial charge in [0.15, 0.2) is 0 Å². The lowest BCUT2D eigenvalue weighted by Gasteiger charge is -2.21. The first-order chi connectivity index (χ1) is 7.81. The highest BCUT2D eigenvalue weighted by atomic mass is 16.5. The Kier molecular flexibility index (Phi) is 2.14. The van der Waals surface area contributed by atoms with Gasteiger partial charge in [0.1, 0.15) is 5.75 Å². The Hall–Kier alpha value is -1.48. The Morgan fingerprint density at radius 3 is 3.12 bits per heavy atom. The van der Waals surface area contributed by atoms with Crippen molar-refractivity contribution in [2.75, 3.05) is 7.11 Å². The molecule has 0 radical (unpaired) electrons. The summed E-state index contributed by atoms with van der Waals surface area (Å²) in [5.41, 5.74) is 2.13. The Labute approximate surface area is 94.3 Å². The summed E-state index contributed by atoms with van der Waals surface area (Å²) in [4.78, 5) is 0. The van der Waals surface area contributed by atoms with Crippen LogP contribution in [-0.4, -0.2) is 16.8 Å². The van der Waals surface area contributed by atoms with Gasteiger partial charge in [-0.2, -0.15) is 0 Å². The second-order valence-corrected chi connectivity index (χ2v) is 4.28. The van der Waals surface area contributed by atoms with Crippen molar-refractivity contribution in [1.82, 2.24) is 4.57 Å². The summed E-state index contributed by atoms with van der Waals surface area (Å²) < 4.78 is 7.57. The van der Waals surface area contributed by atoms with E-state index in [0.29, 0.717) is 0 Å². The zero-order valence-corrected chi connectivity index (χ0v) is 9.31. The van der Waals surface area contributed by atoms with E-state index < -0.39 is 0 Å². The molecule has 1 N–H and O–H groups in total. The van der Waals surface area contributed by atoms with Crippen LogP contribution in [0.25, 0.3) is 10.9 Å². The molecule has 0 saturated heterocycles. The van der Waals surface area contributed by atoms with Crippen molar-refractivity contribution < 1.29 is 9.84 Å². The number of nitrogens with zero attached hydrogens (tertiary/aromatic N) is 1. The molecule has 0 bridgehead atoms. The number of ether oxygens (including phenoxy) is 1. The molecular formula is C13H15NO2. The van der Waals surface area contributed by atoms with Gasteiger partial charge >= 0.3 is 0 Å². The number of benzene rings is 1. The third-order valence-electron chi connectivity index (χ3n) is 3.34. The first kappa shape index (κ1) is 9.73. The molecule has 1 aliphatic heterocycles. The number of hydrogen-bond donors (Lipinski definition) is 1. The van der Waals surface area contributed by atoms with Crippen LogP contribution in [-0.2, 0) is 6.54 Å². The molecule has 1 atom stereocenters. The Bertz CT molecular complexity index is 530. The Morgan fingerprint density at radius 2 is 2.31 bits per heavy atom. The third kappa shape index (κ3) is 1.25. The Balaban J connectivity index is 2.33. The molecular weight excluding hydrogens is 202 g/mol. The molecule has 0 saturated carbocycles. The van der Waals surface area contributed by atoms with Crippen LogP contribution in [0.1, 0.15) is 24.6 Å². The summed E-state index contributed by atoms with van der Waals surface area (Å²) in [6, 6.07) is 8.09. The van der Waals surface area contributed by atoms with Crippen LogP contribution < -0.4 is 4.74 Å². The lowest BCUT2D eigenvalue weighted by molar-refractivity contribution is 0.140. The van der Waals surface area contributed by atoms with Crippen molar-refractivity contribution in [1.29, 1.82) is 0 Å². The van der Waals surface area contributed by atoms with Crippen molar-refractivity contribution >= 4 is 10.9 Å². The molecule has 3 rings (SSSR count). The molecule has 1 aromatic carbocycles. The van der Waals surface area contributed by atoms with E-state index in [1.54, 1.807) is 7.11 Å². The normalized spacial score (nSPS) is 19.8. The zero-order chi connectivity index (χ0) is 11.1. The molecule has 2 aromatic rings. The summed E-state index contributed by atoms with van der Waals surface area (Å²) in [6.07, 6.45) is 1.56. The van der Waals surface area contributed by atoms with Crippen molar-refractivity contribution in [3.63, 3.8) is 0 Å². The fourth-order valence-corrected chi connectivity index (χ4v) is 2.58. The fraction of sp³-hybridized carbons (Fsp3) is 0.385. The minimum atomic E-state index is -0.328. The van der Waals surface area contributed by atoms with Gasteiger partial charge in [-0.1, -0.05) is 12.1 Å². The maximum atomic E-state index is 9.96. The molecule has 0 aliphatic carbocycles. The summed E-state index contributed by atoms with van der Waals surface area (Å²) in [7, 11) is 1.69. The maximum Gasteiger partial charge on any atom is 0.143 e. The average Bonchev–Trinajstić information content (AvgIpc) is 2.69. The van der Waals surface area contributed by atoms with E-state index in [1.165, 1.54) is 0 Å². The summed E-state index contributed by atoms with van der Waals surface area (Å²) in [5, 5.41) is 11.1. The number of rotatable bonds is 1. The van der Waals surface area contributed by atoms with Gasteiger partial charge < -0.3 is 14.4 Å². The minimum absolute atomic E-state index is 0.328. The summed E-state index contributed by atoms with van der Waals surface area (Å²) >= 11 is 0. The van der Waals surface area contributed by atoms with E-state index in [4.69, 9.17) is 4.74 Å². The zero-order valence-electron chi connectivity index (χ0n) is 9.31. The van der Waals surface area contributed by atoms with Crippen LogP contribution in [0.5, 0.6) is 5.75 Å². The van der Waals surface area contributed by atoms with Crippen LogP contribution in [0.15, 0.2) is 24.3 Å². The largest absolute Gasteiger partial charge is 0.495 e. The molecule has 1 unspecified atom stereocenters. The van der Waals surface area contributed by atoms with Crippen molar-refractivity contribution in [2.45, 2.75) is 25.5 Å². The predicted molar refractivity (Wildman–Crippen MR) is 62.7 cm³/mol. The number of aliphatic hydroxyl groups excluding tert-OH is 1. The molecule has 3 heteroatoms. The molecule has 0 amide bonds. The first-order valence-electron chi connectivity index (χ1n) is 5.65. The van der Waals surface area contributed by atoms with Crippen LogP contribution in [0.2, 0.25) is 0 Å². The second-order valence-electron chi connectivity index (χ2n) is 4.28. The van der Waals surface area contributed by atoms with Crippen molar-refractivity contribution in [3.8, 4) is 5.75 Å². The van der Waals surface area contributed by atoms with Gasteiger partial charge in [0, 0.05) is 17.6 Å². The highest BCUT2D eigenvalue weighted by Crippen LogP contribution is 2.35. The van der Waals surface area contributed by atoms with E-state index in [9.17, 15) is 5.11 Å². The van der Waals surface area contributed by atoms with E-state index in [0.717, 1.165) is 41.7 Å². The predicted octanol–water partition coefficient (Wildman–Crippen LogP) is 2.48. The number of fused-ring (bicyclic) bond motifs is 3. The van der Waals surface area contributed by atoms with E-state index in [-0.39, 0.29) is 6.10 Å².